The van der Waals surface area contributed by atoms with Crippen molar-refractivity contribution in [2.24, 2.45) is 0 Å². The summed E-state index contributed by atoms with van der Waals surface area (Å²) in [6.07, 6.45) is 0.432. The van der Waals surface area contributed by atoms with E-state index < -0.39 is 23.4 Å². The summed E-state index contributed by atoms with van der Waals surface area (Å²) in [4.78, 5) is 26.8. The number of hydrogen-bond acceptors (Lipinski definition) is 5. The number of pyridine rings is 1. The molecule has 0 unspecified atom stereocenters. The van der Waals surface area contributed by atoms with Crippen molar-refractivity contribution >= 4 is 35.0 Å². The highest BCUT2D eigenvalue weighted by Gasteiger charge is 2.15. The highest BCUT2D eigenvalue weighted by Crippen LogP contribution is 2.06. The molecule has 0 atom stereocenters. The van der Waals surface area contributed by atoms with Crippen LogP contribution < -0.4 is 16.0 Å². The Kier molecular flexibility index (Phi) is 6.83. The Morgan fingerprint density at radius 2 is 1.91 bits per heavy atom. The van der Waals surface area contributed by atoms with Crippen LogP contribution in [0.5, 0.6) is 0 Å². The first-order valence-corrected chi connectivity index (χ1v) is 7.26. The molecule has 0 bridgehead atoms. The lowest BCUT2D eigenvalue weighted by Gasteiger charge is -2.19. The Balaban J connectivity index is 2.27. The van der Waals surface area contributed by atoms with Gasteiger partial charge in [-0.2, -0.15) is 0 Å². The third kappa shape index (κ3) is 8.05. The van der Waals surface area contributed by atoms with Gasteiger partial charge in [-0.1, -0.05) is 12.2 Å². The van der Waals surface area contributed by atoms with Gasteiger partial charge in [-0.05, 0) is 32.9 Å². The second-order valence-electron chi connectivity index (χ2n) is 5.50. The highest BCUT2D eigenvalue weighted by atomic mass is 32.1. The molecule has 0 aliphatic heterocycles. The lowest BCUT2D eigenvalue weighted by atomic mass is 10.2. The van der Waals surface area contributed by atoms with E-state index in [1.807, 2.05) is 0 Å². The number of carbonyl (C=O) groups excluding carboxylic acids is 2. The van der Waals surface area contributed by atoms with Crippen molar-refractivity contribution in [1.29, 1.82) is 0 Å². The largest absolute Gasteiger partial charge is 0.444 e. The van der Waals surface area contributed by atoms with Gasteiger partial charge < -0.3 is 20.7 Å². The number of carbonyl (C=O) groups is 2. The summed E-state index contributed by atoms with van der Waals surface area (Å²) in [6, 6.07) is 2.49. The zero-order valence-corrected chi connectivity index (χ0v) is 13.9. The topological polar surface area (TPSA) is 92.4 Å². The Labute approximate surface area is 139 Å². The average Bonchev–Trinajstić information content (AvgIpc) is 2.44. The lowest BCUT2D eigenvalue weighted by Crippen LogP contribution is -2.40. The minimum atomic E-state index is -0.575. The van der Waals surface area contributed by atoms with Crippen molar-refractivity contribution in [2.45, 2.75) is 26.4 Å². The number of nitrogens with one attached hydrogen (secondary N) is 3. The van der Waals surface area contributed by atoms with E-state index in [1.54, 1.807) is 20.8 Å². The summed E-state index contributed by atoms with van der Waals surface area (Å²) in [5.41, 5.74) is -0.575. The SMILES string of the molecule is CC(C)(C)OC(=O)NCCNC(=S)C(=O)Nc1ccc(F)cn1. The molecule has 0 aliphatic carbocycles. The molecule has 0 saturated carbocycles. The van der Waals surface area contributed by atoms with Crippen molar-refractivity contribution in [3.63, 3.8) is 0 Å². The zero-order chi connectivity index (χ0) is 17.5. The van der Waals surface area contributed by atoms with Gasteiger partial charge in [-0.25, -0.2) is 14.2 Å². The minimum Gasteiger partial charge on any atom is -0.444 e. The number of nitrogens with zero attached hydrogens (tertiary/aromatic N) is 1. The summed E-state index contributed by atoms with van der Waals surface area (Å²) < 4.78 is 17.8. The predicted octanol–water partition coefficient (Wildman–Crippen LogP) is 1.60. The molecule has 0 spiro atoms. The molecule has 1 rings (SSSR count). The van der Waals surface area contributed by atoms with Gasteiger partial charge in [0.15, 0.2) is 4.99 Å². The molecule has 2 amide bonds. The van der Waals surface area contributed by atoms with E-state index in [9.17, 15) is 14.0 Å². The number of ether oxygens (including phenoxy) is 1. The number of thiocarbonyl (C=S) groups is 1. The fourth-order valence-corrected chi connectivity index (χ4v) is 1.51. The van der Waals surface area contributed by atoms with Crippen molar-refractivity contribution in [1.82, 2.24) is 15.6 Å². The second-order valence-corrected chi connectivity index (χ2v) is 5.91. The van der Waals surface area contributed by atoms with Crippen LogP contribution in [0.1, 0.15) is 20.8 Å². The van der Waals surface area contributed by atoms with E-state index in [2.05, 4.69) is 20.9 Å². The van der Waals surface area contributed by atoms with E-state index in [4.69, 9.17) is 17.0 Å². The van der Waals surface area contributed by atoms with E-state index >= 15 is 0 Å². The number of alkyl carbamates (subject to hydrolysis) is 1. The Hall–Kier alpha value is -2.29. The molecule has 1 aromatic heterocycles. The van der Waals surface area contributed by atoms with Gasteiger partial charge in [0.05, 0.1) is 6.20 Å². The Morgan fingerprint density at radius 1 is 1.26 bits per heavy atom. The fourth-order valence-electron chi connectivity index (χ4n) is 1.36. The van der Waals surface area contributed by atoms with Crippen LogP contribution in [0.4, 0.5) is 15.0 Å². The van der Waals surface area contributed by atoms with Crippen LogP contribution in [-0.2, 0) is 9.53 Å². The average molecular weight is 342 g/mol. The zero-order valence-electron chi connectivity index (χ0n) is 13.1. The summed E-state index contributed by atoms with van der Waals surface area (Å²) in [7, 11) is 0. The summed E-state index contributed by atoms with van der Waals surface area (Å²) in [6.45, 7) is 5.76. The molecule has 3 N–H and O–H groups in total. The maximum absolute atomic E-state index is 12.7. The molecule has 1 heterocycles. The van der Waals surface area contributed by atoms with Gasteiger partial charge >= 0.3 is 6.09 Å². The van der Waals surface area contributed by atoms with Gasteiger partial charge in [0.1, 0.15) is 17.2 Å². The molecule has 0 radical (unpaired) electrons. The molecule has 7 nitrogen and oxygen atoms in total. The normalized spacial score (nSPS) is 10.6. The van der Waals surface area contributed by atoms with Crippen molar-refractivity contribution in [3.8, 4) is 0 Å². The first-order chi connectivity index (χ1) is 10.7. The van der Waals surface area contributed by atoms with Crippen LogP contribution in [0.3, 0.4) is 0 Å². The number of amides is 2. The van der Waals surface area contributed by atoms with Crippen LogP contribution in [0.15, 0.2) is 18.3 Å². The maximum Gasteiger partial charge on any atom is 0.407 e. The number of aromatic nitrogens is 1. The summed E-state index contributed by atoms with van der Waals surface area (Å²) in [5.74, 6) is -0.888. The molecule has 0 aliphatic rings. The second kappa shape index (κ2) is 8.37. The van der Waals surface area contributed by atoms with Crippen LogP contribution in [-0.4, -0.2) is 40.7 Å². The third-order valence-electron chi connectivity index (χ3n) is 2.25. The van der Waals surface area contributed by atoms with E-state index in [1.165, 1.54) is 12.1 Å². The quantitative estimate of drug-likeness (QED) is 0.569. The molecule has 1 aromatic rings. The fraction of sp³-hybridized carbons (Fsp3) is 0.429. The Morgan fingerprint density at radius 3 is 2.48 bits per heavy atom. The maximum atomic E-state index is 12.7. The predicted molar refractivity (Wildman–Crippen MR) is 87.7 cm³/mol. The first-order valence-electron chi connectivity index (χ1n) is 6.85. The number of hydrogen-bond donors (Lipinski definition) is 3. The standard InChI is InChI=1S/C14H19FN4O3S/c1-14(2,3)22-13(21)17-7-6-16-12(23)11(20)19-10-5-4-9(15)8-18-10/h4-5,8H,6-7H2,1-3H3,(H,16,23)(H,17,21)(H,18,19,20). The van der Waals surface area contributed by atoms with Gasteiger partial charge in [0, 0.05) is 13.1 Å². The molecule has 126 valence electrons. The molecule has 23 heavy (non-hydrogen) atoms. The monoisotopic (exact) mass is 342 g/mol. The van der Waals surface area contributed by atoms with Crippen LogP contribution in [0.2, 0.25) is 0 Å². The minimum absolute atomic E-state index is 0.0675. The van der Waals surface area contributed by atoms with Crippen molar-refractivity contribution in [3.05, 3.63) is 24.1 Å². The van der Waals surface area contributed by atoms with E-state index in [0.717, 1.165) is 6.20 Å². The molecule has 0 fully saturated rings. The molecular formula is C14H19FN4O3S. The van der Waals surface area contributed by atoms with Gasteiger partial charge in [-0.3, -0.25) is 4.79 Å². The van der Waals surface area contributed by atoms with E-state index in [-0.39, 0.29) is 23.9 Å². The third-order valence-corrected chi connectivity index (χ3v) is 2.58. The number of anilines is 1. The van der Waals surface area contributed by atoms with Gasteiger partial charge in [0.25, 0.3) is 5.91 Å². The van der Waals surface area contributed by atoms with Gasteiger partial charge in [0.2, 0.25) is 0 Å². The smallest absolute Gasteiger partial charge is 0.407 e. The lowest BCUT2D eigenvalue weighted by molar-refractivity contribution is -0.110. The highest BCUT2D eigenvalue weighted by molar-refractivity contribution is 7.82. The molecule has 0 saturated heterocycles. The summed E-state index contributed by atoms with van der Waals surface area (Å²) >= 11 is 4.90. The van der Waals surface area contributed by atoms with Crippen molar-refractivity contribution < 1.29 is 18.7 Å². The van der Waals surface area contributed by atoms with Gasteiger partial charge in [-0.15, -0.1) is 0 Å². The Bertz CT molecular complexity index is 572. The summed E-state index contributed by atoms with van der Waals surface area (Å²) in [5, 5.41) is 7.62. The molecular weight excluding hydrogens is 323 g/mol. The van der Waals surface area contributed by atoms with Crippen LogP contribution in [0.25, 0.3) is 0 Å². The molecule has 0 aromatic carbocycles. The molecule has 9 heteroatoms. The number of rotatable bonds is 4. The van der Waals surface area contributed by atoms with Crippen molar-refractivity contribution in [2.75, 3.05) is 18.4 Å². The van der Waals surface area contributed by atoms with Crippen LogP contribution >= 0.6 is 12.2 Å². The number of halogens is 1. The van der Waals surface area contributed by atoms with E-state index in [0.29, 0.717) is 0 Å². The van der Waals surface area contributed by atoms with Crippen LogP contribution in [0, 0.1) is 5.82 Å². The first kappa shape index (κ1) is 18.8.